The first-order valence-electron chi connectivity index (χ1n) is 15.2. The third-order valence-corrected chi connectivity index (χ3v) is 10.3. The molecule has 6 heteroatoms. The molecule has 0 N–H and O–H groups in total. The second-order valence-corrected chi connectivity index (χ2v) is 14.5. The van der Waals surface area contributed by atoms with Gasteiger partial charge in [0.2, 0.25) is 5.91 Å². The molecule has 1 heterocycles. The molecule has 0 spiro atoms. The van der Waals surface area contributed by atoms with Gasteiger partial charge in [-0.15, -0.1) is 0 Å². The highest BCUT2D eigenvalue weighted by molar-refractivity contribution is 7.51. The lowest BCUT2D eigenvalue weighted by molar-refractivity contribution is -0.144. The minimum atomic E-state index is -0.584. The molecule has 220 valence electrons. The monoisotopic (exact) mass is 566 g/mol. The summed E-state index contributed by atoms with van der Waals surface area (Å²) in [6.07, 6.45) is 8.53. The SMILES string of the molecule is CCCCCC1(CCP(C)OCN(C)OC)c2cc(C)cc3c2-c2c(cc(C)cc21)CN(C(=O)CCC(C)C)C3. The van der Waals surface area contributed by atoms with Crippen LogP contribution in [0.3, 0.4) is 0 Å². The number of unbranched alkanes of at least 4 members (excludes halogenated alkanes) is 2. The number of carbonyl (C=O) groups excluding carboxylic acids is 1. The molecule has 0 saturated heterocycles. The van der Waals surface area contributed by atoms with E-state index in [9.17, 15) is 4.79 Å². The summed E-state index contributed by atoms with van der Waals surface area (Å²) in [6.45, 7) is 15.3. The molecule has 0 bridgehead atoms. The van der Waals surface area contributed by atoms with Crippen molar-refractivity contribution in [2.24, 2.45) is 5.92 Å². The lowest BCUT2D eigenvalue weighted by Gasteiger charge is -2.35. The molecule has 0 radical (unpaired) electrons. The highest BCUT2D eigenvalue weighted by Gasteiger charge is 2.46. The number of hydroxylamine groups is 2. The molecular formula is C34H51N2O3P. The van der Waals surface area contributed by atoms with Gasteiger partial charge in [-0.3, -0.25) is 4.79 Å². The third kappa shape index (κ3) is 6.65. The van der Waals surface area contributed by atoms with E-state index in [2.05, 4.69) is 70.4 Å². The zero-order valence-electron chi connectivity index (χ0n) is 26.2. The van der Waals surface area contributed by atoms with Crippen molar-refractivity contribution in [2.45, 2.75) is 98.1 Å². The molecule has 1 aliphatic heterocycles. The Morgan fingerprint density at radius 1 is 1.02 bits per heavy atom. The van der Waals surface area contributed by atoms with Gasteiger partial charge in [0.1, 0.15) is 6.73 Å². The number of nitrogens with zero attached hydrogens (tertiary/aromatic N) is 2. The number of carbonyl (C=O) groups is 1. The Hall–Kier alpha value is -1.78. The largest absolute Gasteiger partial charge is 0.342 e. The fourth-order valence-electron chi connectivity index (χ4n) is 6.66. The molecule has 2 aromatic carbocycles. The summed E-state index contributed by atoms with van der Waals surface area (Å²) in [5.74, 6) is 0.812. The molecule has 5 nitrogen and oxygen atoms in total. The Kier molecular flexibility index (Phi) is 10.5. The Labute approximate surface area is 244 Å². The maximum Gasteiger partial charge on any atom is 0.223 e. The van der Waals surface area contributed by atoms with E-state index >= 15 is 0 Å². The molecule has 2 aliphatic rings. The van der Waals surface area contributed by atoms with Gasteiger partial charge in [-0.25, -0.2) is 0 Å². The first-order chi connectivity index (χ1) is 19.1. The van der Waals surface area contributed by atoms with Crippen molar-refractivity contribution in [3.8, 4) is 11.1 Å². The van der Waals surface area contributed by atoms with Gasteiger partial charge in [-0.05, 0) is 85.2 Å². The van der Waals surface area contributed by atoms with Crippen LogP contribution in [0.15, 0.2) is 24.3 Å². The van der Waals surface area contributed by atoms with Gasteiger partial charge in [0.25, 0.3) is 0 Å². The van der Waals surface area contributed by atoms with Crippen LogP contribution in [-0.2, 0) is 32.7 Å². The molecule has 0 fully saturated rings. The Morgan fingerprint density at radius 2 is 1.62 bits per heavy atom. The second-order valence-electron chi connectivity index (χ2n) is 12.6. The topological polar surface area (TPSA) is 42.0 Å². The van der Waals surface area contributed by atoms with E-state index in [1.807, 2.05) is 7.05 Å². The first-order valence-corrected chi connectivity index (χ1v) is 17.1. The van der Waals surface area contributed by atoms with Crippen LogP contribution >= 0.6 is 8.15 Å². The van der Waals surface area contributed by atoms with Crippen LogP contribution < -0.4 is 0 Å². The van der Waals surface area contributed by atoms with E-state index in [1.54, 1.807) is 12.2 Å². The zero-order chi connectivity index (χ0) is 29.0. The molecule has 1 aliphatic carbocycles. The van der Waals surface area contributed by atoms with Gasteiger partial charge in [-0.1, -0.05) is 75.4 Å². The van der Waals surface area contributed by atoms with Crippen molar-refractivity contribution in [3.63, 3.8) is 0 Å². The van der Waals surface area contributed by atoms with Gasteiger partial charge < -0.3 is 14.3 Å². The molecule has 0 aromatic heterocycles. The second kappa shape index (κ2) is 13.5. The summed E-state index contributed by atoms with van der Waals surface area (Å²) < 4.78 is 6.23. The minimum absolute atomic E-state index is 0.0156. The minimum Gasteiger partial charge on any atom is -0.342 e. The number of hydrogen-bond acceptors (Lipinski definition) is 4. The van der Waals surface area contributed by atoms with Crippen molar-refractivity contribution in [1.29, 1.82) is 0 Å². The zero-order valence-corrected chi connectivity index (χ0v) is 27.1. The maximum atomic E-state index is 13.5. The van der Waals surface area contributed by atoms with Crippen LogP contribution in [0.25, 0.3) is 11.1 Å². The smallest absolute Gasteiger partial charge is 0.223 e. The van der Waals surface area contributed by atoms with E-state index < -0.39 is 8.15 Å². The summed E-state index contributed by atoms with van der Waals surface area (Å²) in [4.78, 5) is 20.8. The number of aryl methyl sites for hydroxylation is 2. The van der Waals surface area contributed by atoms with E-state index in [0.717, 1.165) is 25.4 Å². The van der Waals surface area contributed by atoms with Crippen LogP contribution in [0.4, 0.5) is 0 Å². The summed E-state index contributed by atoms with van der Waals surface area (Å²) in [5, 5.41) is 1.74. The summed E-state index contributed by atoms with van der Waals surface area (Å²) >= 11 is 0. The average molecular weight is 567 g/mol. The molecular weight excluding hydrogens is 515 g/mol. The number of hydrogen-bond donors (Lipinski definition) is 0. The van der Waals surface area contributed by atoms with Crippen molar-refractivity contribution in [3.05, 3.63) is 57.6 Å². The standard InChI is InChI=1S/C34H51N2O3P/c1-9-10-11-14-34(15-16-40(8)39-23-35(6)38-7)29-19-25(4)17-27-21-36(31(37)13-12-24(2)3)22-28-18-26(5)20-30(34)33(28)32(27)29/h17-20,24H,9-16,21-23H2,1-8H3. The van der Waals surface area contributed by atoms with E-state index in [0.29, 0.717) is 32.2 Å². The summed E-state index contributed by atoms with van der Waals surface area (Å²) in [6, 6.07) is 9.63. The Morgan fingerprint density at radius 3 is 2.15 bits per heavy atom. The normalized spacial score (nSPS) is 16.0. The fraction of sp³-hybridized carbons (Fsp3) is 0.618. The highest BCUT2D eigenvalue weighted by atomic mass is 31.1. The van der Waals surface area contributed by atoms with Gasteiger partial charge in [0.15, 0.2) is 0 Å². The van der Waals surface area contributed by atoms with Gasteiger partial charge >= 0.3 is 0 Å². The third-order valence-electron chi connectivity index (χ3n) is 8.85. The van der Waals surface area contributed by atoms with Gasteiger partial charge in [-0.2, -0.15) is 5.06 Å². The molecule has 2 aromatic rings. The van der Waals surface area contributed by atoms with Crippen LogP contribution in [0, 0.1) is 19.8 Å². The van der Waals surface area contributed by atoms with Gasteiger partial charge in [0.05, 0.1) is 7.11 Å². The first kappa shape index (κ1) is 31.2. The molecule has 4 rings (SSSR count). The quantitative estimate of drug-likeness (QED) is 0.0998. The number of rotatable bonds is 14. The van der Waals surface area contributed by atoms with Crippen LogP contribution in [0.5, 0.6) is 0 Å². The molecule has 1 unspecified atom stereocenters. The van der Waals surface area contributed by atoms with Crippen molar-refractivity contribution >= 4 is 14.1 Å². The average Bonchev–Trinajstić information content (AvgIpc) is 3.06. The van der Waals surface area contributed by atoms with Crippen molar-refractivity contribution in [1.82, 2.24) is 9.96 Å². The van der Waals surface area contributed by atoms with Crippen molar-refractivity contribution < 1.29 is 14.2 Å². The van der Waals surface area contributed by atoms with E-state index in [4.69, 9.17) is 9.36 Å². The summed E-state index contributed by atoms with van der Waals surface area (Å²) in [7, 11) is 3.00. The van der Waals surface area contributed by atoms with Crippen LogP contribution in [-0.4, -0.2) is 49.6 Å². The lowest BCUT2D eigenvalue weighted by atomic mass is 9.71. The maximum absolute atomic E-state index is 13.5. The van der Waals surface area contributed by atoms with Crippen molar-refractivity contribution in [2.75, 3.05) is 33.7 Å². The highest BCUT2D eigenvalue weighted by Crippen LogP contribution is 2.58. The number of benzene rings is 2. The molecule has 1 atom stereocenters. The molecule has 1 amide bonds. The summed E-state index contributed by atoms with van der Waals surface area (Å²) in [5.41, 5.74) is 11.1. The van der Waals surface area contributed by atoms with Crippen LogP contribution in [0.1, 0.15) is 99.1 Å². The molecule has 40 heavy (non-hydrogen) atoms. The predicted molar refractivity (Wildman–Crippen MR) is 168 cm³/mol. The Bertz CT molecular complexity index is 1130. The van der Waals surface area contributed by atoms with Crippen LogP contribution in [0.2, 0.25) is 0 Å². The molecule has 0 saturated carbocycles. The van der Waals surface area contributed by atoms with E-state index in [1.165, 1.54) is 63.8 Å². The predicted octanol–water partition coefficient (Wildman–Crippen LogP) is 8.31. The fourth-order valence-corrected chi connectivity index (χ4v) is 7.85. The Balaban J connectivity index is 1.78. The lowest BCUT2D eigenvalue weighted by Crippen LogP contribution is -2.31. The van der Waals surface area contributed by atoms with E-state index in [-0.39, 0.29) is 11.3 Å². The van der Waals surface area contributed by atoms with Gasteiger partial charge in [0, 0.05) is 40.1 Å². The number of amides is 1.